The van der Waals surface area contributed by atoms with E-state index in [-0.39, 0.29) is 12.0 Å². The summed E-state index contributed by atoms with van der Waals surface area (Å²) in [5.41, 5.74) is 1.89. The molecule has 1 aromatic carbocycles. The van der Waals surface area contributed by atoms with Crippen molar-refractivity contribution in [1.29, 1.82) is 0 Å². The van der Waals surface area contributed by atoms with E-state index in [0.29, 0.717) is 11.4 Å². The lowest BCUT2D eigenvalue weighted by molar-refractivity contribution is -0.142. The summed E-state index contributed by atoms with van der Waals surface area (Å²) >= 11 is 0. The highest BCUT2D eigenvalue weighted by atomic mass is 16.5. The summed E-state index contributed by atoms with van der Waals surface area (Å²) < 4.78 is 9.92. The maximum Gasteiger partial charge on any atom is 0.331 e. The molecule has 5 nitrogen and oxygen atoms in total. The average Bonchev–Trinajstić information content (AvgIpc) is 3.04. The zero-order chi connectivity index (χ0) is 17.6. The van der Waals surface area contributed by atoms with Crippen molar-refractivity contribution in [1.82, 2.24) is 0 Å². The maximum atomic E-state index is 11.8. The lowest BCUT2D eigenvalue weighted by Crippen LogP contribution is -2.20. The lowest BCUT2D eigenvalue weighted by atomic mass is 9.87. The molecule has 0 radical (unpaired) electrons. The molecule has 1 heterocycles. The van der Waals surface area contributed by atoms with Crippen molar-refractivity contribution < 1.29 is 18.7 Å². The highest BCUT2D eigenvalue weighted by molar-refractivity contribution is 5.94. The number of nitrogens with one attached hydrogen (secondary N) is 1. The third-order valence-electron chi connectivity index (χ3n) is 3.31. The van der Waals surface area contributed by atoms with Gasteiger partial charge in [0, 0.05) is 11.8 Å². The third kappa shape index (κ3) is 5.43. The van der Waals surface area contributed by atoms with Crippen molar-refractivity contribution in [3.05, 3.63) is 60.1 Å². The number of hydrogen-bond acceptors (Lipinski definition) is 4. The molecule has 0 atom stereocenters. The summed E-state index contributed by atoms with van der Waals surface area (Å²) in [5, 5.41) is 2.69. The molecule has 0 saturated heterocycles. The second-order valence-electron chi connectivity index (χ2n) is 6.33. The van der Waals surface area contributed by atoms with E-state index in [1.54, 1.807) is 12.1 Å². The van der Waals surface area contributed by atoms with Gasteiger partial charge in [-0.25, -0.2) is 4.79 Å². The van der Waals surface area contributed by atoms with E-state index in [0.717, 1.165) is 0 Å². The number of esters is 1. The van der Waals surface area contributed by atoms with Crippen molar-refractivity contribution in [3.63, 3.8) is 0 Å². The normalized spacial score (nSPS) is 11.5. The minimum absolute atomic E-state index is 0.0540. The van der Waals surface area contributed by atoms with Gasteiger partial charge < -0.3 is 14.5 Å². The van der Waals surface area contributed by atoms with E-state index >= 15 is 0 Å². The maximum absolute atomic E-state index is 11.8. The first-order valence-corrected chi connectivity index (χ1v) is 7.63. The Morgan fingerprint density at radius 3 is 2.46 bits per heavy atom. The number of anilines is 1. The quantitative estimate of drug-likeness (QED) is 0.670. The molecule has 0 saturated carbocycles. The number of furan rings is 1. The minimum Gasteiger partial charge on any atom is -0.465 e. The Labute approximate surface area is 141 Å². The van der Waals surface area contributed by atoms with Gasteiger partial charge >= 0.3 is 5.97 Å². The molecule has 0 aliphatic heterocycles. The van der Waals surface area contributed by atoms with Gasteiger partial charge in [0.25, 0.3) is 5.91 Å². The predicted molar refractivity (Wildman–Crippen MR) is 92.5 cm³/mol. The second kappa shape index (κ2) is 7.64. The Kier molecular flexibility index (Phi) is 5.58. The highest BCUT2D eigenvalue weighted by Gasteiger charge is 2.13. The number of carbonyl (C=O) groups excluding carboxylic acids is 2. The molecule has 1 aromatic heterocycles. The first-order valence-electron chi connectivity index (χ1n) is 7.63. The number of amides is 1. The van der Waals surface area contributed by atoms with Crippen LogP contribution in [0.4, 0.5) is 5.69 Å². The summed E-state index contributed by atoms with van der Waals surface area (Å²) in [6.07, 6.45) is 4.19. The Morgan fingerprint density at radius 2 is 1.88 bits per heavy atom. The van der Waals surface area contributed by atoms with Crippen molar-refractivity contribution in [2.24, 2.45) is 0 Å². The van der Waals surface area contributed by atoms with Gasteiger partial charge in [-0.3, -0.25) is 4.79 Å². The van der Waals surface area contributed by atoms with Crippen LogP contribution in [0.5, 0.6) is 0 Å². The summed E-state index contributed by atoms with van der Waals surface area (Å²) in [6, 6.07) is 11.0. The lowest BCUT2D eigenvalue weighted by Gasteiger charge is -2.19. The largest absolute Gasteiger partial charge is 0.465 e. The molecule has 1 amide bonds. The first-order chi connectivity index (χ1) is 11.3. The van der Waals surface area contributed by atoms with Crippen LogP contribution in [0.1, 0.15) is 32.1 Å². The summed E-state index contributed by atoms with van der Waals surface area (Å²) in [7, 11) is 0. The molecule has 0 unspecified atom stereocenters. The van der Waals surface area contributed by atoms with E-state index in [1.165, 1.54) is 24.0 Å². The number of hydrogen-bond donors (Lipinski definition) is 1. The van der Waals surface area contributed by atoms with E-state index in [2.05, 4.69) is 26.1 Å². The van der Waals surface area contributed by atoms with Crippen LogP contribution in [0.2, 0.25) is 0 Å². The van der Waals surface area contributed by atoms with Crippen molar-refractivity contribution in [2.75, 3.05) is 11.9 Å². The van der Waals surface area contributed by atoms with Crippen molar-refractivity contribution >= 4 is 23.6 Å². The average molecular weight is 327 g/mol. The van der Waals surface area contributed by atoms with E-state index in [9.17, 15) is 9.59 Å². The fourth-order valence-electron chi connectivity index (χ4n) is 1.97. The van der Waals surface area contributed by atoms with Crippen LogP contribution >= 0.6 is 0 Å². The summed E-state index contributed by atoms with van der Waals surface area (Å²) in [5.74, 6) is -0.460. The zero-order valence-electron chi connectivity index (χ0n) is 14.0. The third-order valence-corrected chi connectivity index (χ3v) is 3.31. The fourth-order valence-corrected chi connectivity index (χ4v) is 1.97. The molecule has 0 aliphatic rings. The smallest absolute Gasteiger partial charge is 0.331 e. The van der Waals surface area contributed by atoms with Crippen LogP contribution in [0, 0.1) is 0 Å². The van der Waals surface area contributed by atoms with Crippen LogP contribution in [0.15, 0.2) is 53.2 Å². The van der Waals surface area contributed by atoms with Crippen LogP contribution in [0.3, 0.4) is 0 Å². The van der Waals surface area contributed by atoms with Gasteiger partial charge in [-0.2, -0.15) is 0 Å². The molecule has 2 rings (SSSR count). The van der Waals surface area contributed by atoms with Gasteiger partial charge in [0.1, 0.15) is 5.76 Å². The molecular formula is C19H21NO4. The topological polar surface area (TPSA) is 68.5 Å². The molecule has 5 heteroatoms. The fraction of sp³-hybridized carbons (Fsp3) is 0.263. The molecular weight excluding hydrogens is 306 g/mol. The van der Waals surface area contributed by atoms with E-state index in [1.807, 2.05) is 24.3 Å². The monoisotopic (exact) mass is 327 g/mol. The molecule has 2 aromatic rings. The van der Waals surface area contributed by atoms with E-state index < -0.39 is 11.9 Å². The summed E-state index contributed by atoms with van der Waals surface area (Å²) in [4.78, 5) is 23.3. The van der Waals surface area contributed by atoms with E-state index in [4.69, 9.17) is 9.15 Å². The van der Waals surface area contributed by atoms with Gasteiger partial charge in [-0.15, -0.1) is 0 Å². The van der Waals surface area contributed by atoms with Crippen LogP contribution in [0.25, 0.3) is 6.08 Å². The van der Waals surface area contributed by atoms with Crippen LogP contribution < -0.4 is 5.32 Å². The Bertz CT molecular complexity index is 707. The predicted octanol–water partition coefficient (Wildman–Crippen LogP) is 3.77. The summed E-state index contributed by atoms with van der Waals surface area (Å²) in [6.45, 7) is 6.02. The Balaban J connectivity index is 1.79. The molecule has 0 spiro atoms. The zero-order valence-corrected chi connectivity index (χ0v) is 14.0. The van der Waals surface area contributed by atoms with Crippen LogP contribution in [-0.4, -0.2) is 18.5 Å². The molecule has 0 aliphatic carbocycles. The standard InChI is InChI=1S/C19H21NO4/c1-19(2,3)14-6-8-15(9-7-14)20-17(21)13-24-18(22)11-10-16-5-4-12-23-16/h4-12H,13H2,1-3H3,(H,20,21). The second-order valence-corrected chi connectivity index (χ2v) is 6.33. The van der Waals surface area contributed by atoms with Crippen LogP contribution in [-0.2, 0) is 19.7 Å². The number of carbonyl (C=O) groups is 2. The van der Waals surface area contributed by atoms with Gasteiger partial charge in [-0.05, 0) is 41.3 Å². The van der Waals surface area contributed by atoms with Gasteiger partial charge in [0.2, 0.25) is 0 Å². The minimum atomic E-state index is -0.607. The van der Waals surface area contributed by atoms with Crippen molar-refractivity contribution in [2.45, 2.75) is 26.2 Å². The van der Waals surface area contributed by atoms with Gasteiger partial charge in [-0.1, -0.05) is 32.9 Å². The Hall–Kier alpha value is -2.82. The number of ether oxygens (including phenoxy) is 1. The van der Waals surface area contributed by atoms with Gasteiger partial charge in [0.05, 0.1) is 6.26 Å². The Morgan fingerprint density at radius 1 is 1.17 bits per heavy atom. The molecule has 0 fully saturated rings. The highest BCUT2D eigenvalue weighted by Crippen LogP contribution is 2.23. The molecule has 126 valence electrons. The molecule has 1 N–H and O–H groups in total. The number of rotatable bonds is 5. The number of benzene rings is 1. The SMILES string of the molecule is CC(C)(C)c1ccc(NC(=O)COC(=O)C=Cc2ccco2)cc1. The van der Waals surface area contributed by atoms with Gasteiger partial charge in [0.15, 0.2) is 6.61 Å². The first kappa shape index (κ1) is 17.5. The molecule has 24 heavy (non-hydrogen) atoms. The van der Waals surface area contributed by atoms with Crippen molar-refractivity contribution in [3.8, 4) is 0 Å². The molecule has 0 bridgehead atoms.